The number of hydrogen-bond acceptors (Lipinski definition) is 4. The van der Waals surface area contributed by atoms with Gasteiger partial charge in [0.25, 0.3) is 5.91 Å². The molecule has 2 heterocycles. The molecule has 0 radical (unpaired) electrons. The second kappa shape index (κ2) is 8.42. The molecule has 152 valence electrons. The molecule has 0 aliphatic carbocycles. The summed E-state index contributed by atoms with van der Waals surface area (Å²) in [5.41, 5.74) is 2.83. The van der Waals surface area contributed by atoms with Gasteiger partial charge >= 0.3 is 5.97 Å². The molecule has 1 amide bonds. The van der Waals surface area contributed by atoms with Crippen molar-refractivity contribution in [2.45, 2.75) is 12.5 Å². The molecule has 8 heteroatoms. The van der Waals surface area contributed by atoms with Crippen LogP contribution in [0.25, 0.3) is 16.6 Å². The van der Waals surface area contributed by atoms with Gasteiger partial charge in [-0.15, -0.1) is 0 Å². The molecule has 7 nitrogen and oxygen atoms in total. The van der Waals surface area contributed by atoms with E-state index in [1.54, 1.807) is 18.3 Å². The fourth-order valence-electron chi connectivity index (χ4n) is 3.31. The summed E-state index contributed by atoms with van der Waals surface area (Å²) in [7, 11) is 1.30. The number of benzene rings is 2. The predicted octanol–water partition coefficient (Wildman–Crippen LogP) is 3.52. The van der Waals surface area contributed by atoms with Crippen LogP contribution in [0, 0.1) is 0 Å². The minimum absolute atomic E-state index is 0.293. The molecule has 30 heavy (non-hydrogen) atoms. The minimum atomic E-state index is -0.842. The molecule has 0 fully saturated rings. The van der Waals surface area contributed by atoms with Gasteiger partial charge in [0, 0.05) is 29.7 Å². The normalized spacial score (nSPS) is 11.9. The number of nitrogens with zero attached hydrogens (tertiary/aromatic N) is 2. The molecule has 0 aliphatic rings. The summed E-state index contributed by atoms with van der Waals surface area (Å²) in [6.07, 6.45) is 5.12. The molecule has 2 N–H and O–H groups in total. The number of amides is 1. The number of ether oxygens (including phenoxy) is 1. The topological polar surface area (TPSA) is 89.0 Å². The van der Waals surface area contributed by atoms with E-state index >= 15 is 0 Å². The minimum Gasteiger partial charge on any atom is -0.467 e. The van der Waals surface area contributed by atoms with E-state index in [1.165, 1.54) is 18.0 Å². The molecule has 0 spiro atoms. The number of hydrogen-bond donors (Lipinski definition) is 2. The number of nitrogens with one attached hydrogen (secondary N) is 2. The molecule has 2 aromatic heterocycles. The van der Waals surface area contributed by atoms with Crippen LogP contribution in [0.3, 0.4) is 0 Å². The quantitative estimate of drug-likeness (QED) is 0.465. The molecule has 0 bridgehead atoms. The number of esters is 1. The Bertz CT molecular complexity index is 1210. The largest absolute Gasteiger partial charge is 0.467 e. The van der Waals surface area contributed by atoms with E-state index < -0.39 is 17.9 Å². The monoisotopic (exact) mass is 422 g/mol. The predicted molar refractivity (Wildman–Crippen MR) is 114 cm³/mol. The molecule has 4 rings (SSSR count). The average Bonchev–Trinajstić information content (AvgIpc) is 3.41. The standard InChI is InChI=1S/C22H19ClN4O3/c1-30-22(29)19(10-14-11-24-18-8-4-2-6-16(14)18)26-21(28)15-12-25-27(13-15)20-9-5-3-7-17(20)23/h2-9,11-13,19,24H,10H2,1H3,(H,26,28)/t19-/m1/s1. The van der Waals surface area contributed by atoms with Crippen LogP contribution in [-0.2, 0) is 16.0 Å². The summed E-state index contributed by atoms with van der Waals surface area (Å²) in [6, 6.07) is 14.1. The summed E-state index contributed by atoms with van der Waals surface area (Å²) in [6.45, 7) is 0. The van der Waals surface area contributed by atoms with Gasteiger partial charge in [0.1, 0.15) is 6.04 Å². The molecular formula is C22H19ClN4O3. The summed E-state index contributed by atoms with van der Waals surface area (Å²) in [5.74, 6) is -0.948. The number of H-pyrrole nitrogens is 1. The van der Waals surface area contributed by atoms with Gasteiger partial charge in [0.05, 0.1) is 29.6 Å². The average molecular weight is 423 g/mol. The van der Waals surface area contributed by atoms with E-state index in [2.05, 4.69) is 15.4 Å². The fourth-order valence-corrected chi connectivity index (χ4v) is 3.53. The van der Waals surface area contributed by atoms with Crippen LogP contribution in [0.4, 0.5) is 0 Å². The van der Waals surface area contributed by atoms with Crippen molar-refractivity contribution in [3.05, 3.63) is 83.3 Å². The SMILES string of the molecule is COC(=O)[C@@H](Cc1c[nH]c2ccccc12)NC(=O)c1cnn(-c2ccccc2Cl)c1. The van der Waals surface area contributed by atoms with Crippen molar-refractivity contribution in [3.8, 4) is 5.69 Å². The van der Waals surface area contributed by atoms with Crippen molar-refractivity contribution in [2.75, 3.05) is 7.11 Å². The van der Waals surface area contributed by atoms with Crippen molar-refractivity contribution in [1.82, 2.24) is 20.1 Å². The van der Waals surface area contributed by atoms with Crippen LogP contribution in [-0.4, -0.2) is 39.8 Å². The lowest BCUT2D eigenvalue weighted by Gasteiger charge is -2.15. The van der Waals surface area contributed by atoms with E-state index in [1.807, 2.05) is 42.6 Å². The van der Waals surface area contributed by atoms with Gasteiger partial charge in [0.2, 0.25) is 0 Å². The number of methoxy groups -OCH3 is 1. The summed E-state index contributed by atoms with van der Waals surface area (Å²) in [4.78, 5) is 28.3. The van der Waals surface area contributed by atoms with E-state index in [0.29, 0.717) is 22.7 Å². The molecular weight excluding hydrogens is 404 g/mol. The first-order chi connectivity index (χ1) is 14.6. The smallest absolute Gasteiger partial charge is 0.328 e. The number of halogens is 1. The van der Waals surface area contributed by atoms with Gasteiger partial charge in [-0.3, -0.25) is 4.79 Å². The zero-order valence-corrected chi connectivity index (χ0v) is 16.9. The lowest BCUT2D eigenvalue weighted by molar-refractivity contribution is -0.142. The van der Waals surface area contributed by atoms with Crippen molar-refractivity contribution in [3.63, 3.8) is 0 Å². The molecule has 1 atom stereocenters. The third kappa shape index (κ3) is 3.92. The summed E-state index contributed by atoms with van der Waals surface area (Å²) < 4.78 is 6.42. The molecule has 4 aromatic rings. The molecule has 0 saturated heterocycles. The maximum absolute atomic E-state index is 12.8. The third-order valence-electron chi connectivity index (χ3n) is 4.83. The number of aromatic nitrogens is 3. The first-order valence-electron chi connectivity index (χ1n) is 9.30. The van der Waals surface area contributed by atoms with Gasteiger partial charge in [-0.1, -0.05) is 41.9 Å². The Morgan fingerprint density at radius 1 is 1.20 bits per heavy atom. The zero-order valence-electron chi connectivity index (χ0n) is 16.1. The first-order valence-corrected chi connectivity index (χ1v) is 9.68. The van der Waals surface area contributed by atoms with Crippen LogP contribution < -0.4 is 5.32 Å². The highest BCUT2D eigenvalue weighted by atomic mass is 35.5. The maximum Gasteiger partial charge on any atom is 0.328 e. The fraction of sp³-hybridized carbons (Fsp3) is 0.136. The van der Waals surface area contributed by atoms with E-state index in [-0.39, 0.29) is 0 Å². The van der Waals surface area contributed by atoms with Crippen molar-refractivity contribution in [2.24, 2.45) is 0 Å². The highest BCUT2D eigenvalue weighted by Gasteiger charge is 2.24. The van der Waals surface area contributed by atoms with Crippen molar-refractivity contribution in [1.29, 1.82) is 0 Å². The summed E-state index contributed by atoms with van der Waals surface area (Å²) in [5, 5.41) is 8.47. The Labute approximate surface area is 177 Å². The number of carbonyl (C=O) groups excluding carboxylic acids is 2. The van der Waals surface area contributed by atoms with Crippen LogP contribution in [0.1, 0.15) is 15.9 Å². The molecule has 0 aliphatic heterocycles. The van der Waals surface area contributed by atoms with Crippen LogP contribution in [0.2, 0.25) is 5.02 Å². The van der Waals surface area contributed by atoms with Gasteiger partial charge in [-0.05, 0) is 23.8 Å². The Morgan fingerprint density at radius 3 is 2.77 bits per heavy atom. The Kier molecular flexibility index (Phi) is 5.54. The van der Waals surface area contributed by atoms with Crippen molar-refractivity contribution < 1.29 is 14.3 Å². The number of para-hydroxylation sites is 2. The molecule has 0 unspecified atom stereocenters. The second-order valence-electron chi connectivity index (χ2n) is 6.74. The second-order valence-corrected chi connectivity index (χ2v) is 7.15. The molecule has 2 aromatic carbocycles. The van der Waals surface area contributed by atoms with E-state index in [9.17, 15) is 9.59 Å². The summed E-state index contributed by atoms with van der Waals surface area (Å²) >= 11 is 6.19. The van der Waals surface area contributed by atoms with Crippen LogP contribution >= 0.6 is 11.6 Å². The van der Waals surface area contributed by atoms with Gasteiger partial charge < -0.3 is 15.0 Å². The number of rotatable bonds is 6. The first kappa shape index (κ1) is 19.7. The highest BCUT2D eigenvalue weighted by Crippen LogP contribution is 2.21. The number of fused-ring (bicyclic) bond motifs is 1. The lowest BCUT2D eigenvalue weighted by Crippen LogP contribution is -2.43. The van der Waals surface area contributed by atoms with E-state index in [0.717, 1.165) is 16.5 Å². The van der Waals surface area contributed by atoms with Crippen LogP contribution in [0.15, 0.2) is 67.1 Å². The third-order valence-corrected chi connectivity index (χ3v) is 5.15. The Hall–Kier alpha value is -3.58. The lowest BCUT2D eigenvalue weighted by atomic mass is 10.0. The number of carbonyl (C=O) groups is 2. The maximum atomic E-state index is 12.8. The van der Waals surface area contributed by atoms with Gasteiger partial charge in [-0.25, -0.2) is 9.48 Å². The highest BCUT2D eigenvalue weighted by molar-refractivity contribution is 6.32. The van der Waals surface area contributed by atoms with E-state index in [4.69, 9.17) is 16.3 Å². The van der Waals surface area contributed by atoms with Crippen LogP contribution in [0.5, 0.6) is 0 Å². The zero-order chi connectivity index (χ0) is 21.1. The number of aromatic amines is 1. The van der Waals surface area contributed by atoms with Gasteiger partial charge in [-0.2, -0.15) is 5.10 Å². The Morgan fingerprint density at radius 2 is 1.97 bits per heavy atom. The Balaban J connectivity index is 1.54. The molecule has 0 saturated carbocycles. The van der Waals surface area contributed by atoms with Gasteiger partial charge in [0.15, 0.2) is 0 Å². The van der Waals surface area contributed by atoms with Crippen molar-refractivity contribution >= 4 is 34.4 Å².